The number of nitrogens with zero attached hydrogens (tertiary/aromatic N) is 7. The Morgan fingerprint density at radius 1 is 0.895 bits per heavy atom. The summed E-state index contributed by atoms with van der Waals surface area (Å²) >= 11 is 12.3. The van der Waals surface area contributed by atoms with Crippen LogP contribution in [-0.2, 0) is 20.7 Å². The Bertz CT molecular complexity index is 2750. The highest BCUT2D eigenvalue weighted by Crippen LogP contribution is 2.37. The number of amides is 2. The maximum absolute atomic E-state index is 13.7. The second-order valence-corrected chi connectivity index (χ2v) is 15.5. The van der Waals surface area contributed by atoms with Gasteiger partial charge in [-0.05, 0) is 87.2 Å². The molecule has 2 atom stereocenters. The van der Waals surface area contributed by atoms with Crippen molar-refractivity contribution in [2.75, 3.05) is 11.5 Å². The van der Waals surface area contributed by atoms with E-state index in [0.29, 0.717) is 34.0 Å². The lowest BCUT2D eigenvalue weighted by molar-refractivity contribution is -0.147. The minimum Gasteiger partial charge on any atom is -0.456 e. The number of hydrogen-bond donors (Lipinski definition) is 0. The first kappa shape index (κ1) is 37.5. The summed E-state index contributed by atoms with van der Waals surface area (Å²) in [6, 6.07) is 17.8. The predicted octanol–water partition coefficient (Wildman–Crippen LogP) is 6.50. The summed E-state index contributed by atoms with van der Waals surface area (Å²) in [5.74, 6) is -3.13. The number of hydrogen-bond acceptors (Lipinski definition) is 11. The Balaban J connectivity index is 1.06. The van der Waals surface area contributed by atoms with Crippen molar-refractivity contribution < 1.29 is 33.4 Å². The van der Waals surface area contributed by atoms with Crippen molar-refractivity contribution in [3.8, 4) is 16.8 Å². The van der Waals surface area contributed by atoms with Gasteiger partial charge in [0, 0.05) is 33.3 Å². The standard InChI is InChI=1S/C40H31Cl2N7O8/c1-20-13-24-14-22(28-17-23(41)10-12-29(28)46-18-32(42)43-45-46)16-33(51)47(24)34(20)38(54)56-19-31(50)21-9-11-27-30(15-21)49(39(55)57-40(2,3)4)44-35(27)48-36(52)25-7-5-6-8-26(25)37(48)53/h5-12,14-18,20,34H,13,19H2,1-4H3/t20-,34-/m0/s1. The van der Waals surface area contributed by atoms with Gasteiger partial charge < -0.3 is 9.47 Å². The second-order valence-electron chi connectivity index (χ2n) is 14.7. The van der Waals surface area contributed by atoms with E-state index in [0.717, 1.165) is 9.58 Å². The van der Waals surface area contributed by atoms with Crippen LogP contribution >= 0.6 is 23.2 Å². The smallest absolute Gasteiger partial charge is 0.435 e. The topological polar surface area (TPSA) is 178 Å². The van der Waals surface area contributed by atoms with Crippen LogP contribution in [0.3, 0.4) is 0 Å². The van der Waals surface area contributed by atoms with Crippen LogP contribution in [0.4, 0.5) is 10.6 Å². The Hall–Kier alpha value is -6.45. The summed E-state index contributed by atoms with van der Waals surface area (Å²) in [4.78, 5) is 81.9. The van der Waals surface area contributed by atoms with E-state index < -0.39 is 53.5 Å². The molecule has 288 valence electrons. The molecule has 0 saturated carbocycles. The van der Waals surface area contributed by atoms with E-state index in [1.54, 1.807) is 64.1 Å². The molecule has 0 unspecified atom stereocenters. The predicted molar refractivity (Wildman–Crippen MR) is 207 cm³/mol. The normalized spacial score (nSPS) is 16.2. The van der Waals surface area contributed by atoms with Gasteiger partial charge in [0.15, 0.2) is 23.4 Å². The quantitative estimate of drug-likeness (QED) is 0.0978. The lowest BCUT2D eigenvalue weighted by Crippen LogP contribution is -2.32. The first-order valence-corrected chi connectivity index (χ1v) is 18.4. The molecule has 8 rings (SSSR count). The van der Waals surface area contributed by atoms with Gasteiger partial charge in [-0.15, -0.1) is 10.2 Å². The van der Waals surface area contributed by atoms with Gasteiger partial charge in [0.25, 0.3) is 17.4 Å². The average molecular weight is 809 g/mol. The van der Waals surface area contributed by atoms with E-state index in [1.165, 1.54) is 51.8 Å². The number of esters is 1. The molecule has 0 saturated heterocycles. The van der Waals surface area contributed by atoms with E-state index in [9.17, 15) is 28.8 Å². The van der Waals surface area contributed by atoms with Crippen molar-refractivity contribution >= 4 is 69.6 Å². The minimum absolute atomic E-state index is 0.0431. The molecule has 57 heavy (non-hydrogen) atoms. The molecule has 0 bridgehead atoms. The summed E-state index contributed by atoms with van der Waals surface area (Å²) < 4.78 is 14.8. The number of benzene rings is 3. The van der Waals surface area contributed by atoms with E-state index in [-0.39, 0.29) is 44.5 Å². The lowest BCUT2D eigenvalue weighted by Gasteiger charge is -2.19. The SMILES string of the molecule is C[C@H]1Cc2cc(-c3cc(Cl)ccc3-n3cc(Cl)nn3)cc(=O)n2[C@@H]1C(=O)OCC(=O)c1ccc2c(N3C(=O)c4ccccc4C3=O)nn(C(=O)OC(C)(C)C)c2c1. The average Bonchev–Trinajstić information content (AvgIpc) is 3.91. The van der Waals surface area contributed by atoms with Crippen molar-refractivity contribution in [2.24, 2.45) is 5.92 Å². The first-order valence-electron chi connectivity index (χ1n) is 17.7. The molecule has 0 radical (unpaired) electrons. The lowest BCUT2D eigenvalue weighted by atomic mass is 10.0. The van der Waals surface area contributed by atoms with Gasteiger partial charge in [0.05, 0.1) is 28.5 Å². The van der Waals surface area contributed by atoms with Crippen molar-refractivity contribution in [2.45, 2.75) is 45.8 Å². The second kappa shape index (κ2) is 13.9. The van der Waals surface area contributed by atoms with Crippen LogP contribution < -0.4 is 10.5 Å². The molecule has 0 fully saturated rings. The van der Waals surface area contributed by atoms with Crippen LogP contribution in [-0.4, -0.2) is 71.2 Å². The van der Waals surface area contributed by atoms with Crippen LogP contribution in [0.25, 0.3) is 27.7 Å². The summed E-state index contributed by atoms with van der Waals surface area (Å²) in [7, 11) is 0. The molecule has 2 amide bonds. The summed E-state index contributed by atoms with van der Waals surface area (Å²) in [6.45, 7) is 6.10. The summed E-state index contributed by atoms with van der Waals surface area (Å²) in [5, 5.41) is 13.0. The number of imide groups is 1. The Labute approximate surface area is 333 Å². The van der Waals surface area contributed by atoms with E-state index >= 15 is 0 Å². The van der Waals surface area contributed by atoms with Crippen LogP contribution in [0.2, 0.25) is 10.2 Å². The van der Waals surface area contributed by atoms with Crippen molar-refractivity contribution in [3.05, 3.63) is 122 Å². The van der Waals surface area contributed by atoms with Crippen molar-refractivity contribution in [1.82, 2.24) is 29.3 Å². The number of ether oxygens (including phenoxy) is 2. The molecule has 15 nitrogen and oxygen atoms in total. The number of aromatic nitrogens is 6. The van der Waals surface area contributed by atoms with Crippen LogP contribution in [0.5, 0.6) is 0 Å². The third-order valence-electron chi connectivity index (χ3n) is 9.62. The Kier molecular flexibility index (Phi) is 9.16. The highest BCUT2D eigenvalue weighted by Gasteiger charge is 2.40. The van der Waals surface area contributed by atoms with E-state index in [1.807, 2.05) is 0 Å². The summed E-state index contributed by atoms with van der Waals surface area (Å²) in [5.41, 5.74) is 1.38. The number of anilines is 1. The number of Topliss-reactive ketones (excluding diaryl/α,β-unsaturated/α-hetero) is 1. The maximum Gasteiger partial charge on any atom is 0.435 e. The van der Waals surface area contributed by atoms with Gasteiger partial charge in [-0.2, -0.15) is 4.68 Å². The highest BCUT2D eigenvalue weighted by atomic mass is 35.5. The van der Waals surface area contributed by atoms with E-state index in [4.69, 9.17) is 32.7 Å². The molecule has 0 N–H and O–H groups in total. The number of halogens is 2. The maximum atomic E-state index is 13.7. The van der Waals surface area contributed by atoms with Gasteiger partial charge in [0.2, 0.25) is 0 Å². The zero-order valence-corrected chi connectivity index (χ0v) is 32.2. The van der Waals surface area contributed by atoms with Gasteiger partial charge in [-0.3, -0.25) is 23.7 Å². The molecule has 3 aromatic carbocycles. The van der Waals surface area contributed by atoms with Gasteiger partial charge in [-0.1, -0.05) is 53.5 Å². The van der Waals surface area contributed by atoms with Crippen molar-refractivity contribution in [1.29, 1.82) is 0 Å². The number of pyridine rings is 1. The summed E-state index contributed by atoms with van der Waals surface area (Å²) in [6.07, 6.45) is 0.971. The van der Waals surface area contributed by atoms with Crippen molar-refractivity contribution in [3.63, 3.8) is 0 Å². The molecular formula is C40H31Cl2N7O8. The zero-order chi connectivity index (χ0) is 40.5. The number of rotatable bonds is 7. The fraction of sp³-hybridized carbons (Fsp3) is 0.225. The van der Waals surface area contributed by atoms with Crippen LogP contribution in [0.15, 0.2) is 83.8 Å². The number of carbonyl (C=O) groups is 5. The molecule has 2 aliphatic rings. The van der Waals surface area contributed by atoms with E-state index in [2.05, 4.69) is 15.4 Å². The van der Waals surface area contributed by atoms with Gasteiger partial charge in [-0.25, -0.2) is 19.2 Å². The third kappa shape index (κ3) is 6.68. The fourth-order valence-electron chi connectivity index (χ4n) is 7.17. The minimum atomic E-state index is -1.01. The number of ketones is 1. The molecule has 3 aromatic heterocycles. The molecule has 17 heteroatoms. The zero-order valence-electron chi connectivity index (χ0n) is 30.7. The third-order valence-corrected chi connectivity index (χ3v) is 10.0. The van der Waals surface area contributed by atoms with Crippen LogP contribution in [0.1, 0.15) is 70.5 Å². The molecule has 5 heterocycles. The van der Waals surface area contributed by atoms with Gasteiger partial charge in [0.1, 0.15) is 11.6 Å². The molecule has 0 aliphatic carbocycles. The van der Waals surface area contributed by atoms with Crippen LogP contribution in [0, 0.1) is 5.92 Å². The monoisotopic (exact) mass is 807 g/mol. The Morgan fingerprint density at radius 3 is 2.28 bits per heavy atom. The first-order chi connectivity index (χ1) is 27.1. The molecule has 0 spiro atoms. The Morgan fingerprint density at radius 2 is 1.61 bits per heavy atom. The molecule has 6 aromatic rings. The largest absolute Gasteiger partial charge is 0.456 e. The highest BCUT2D eigenvalue weighted by molar-refractivity contribution is 6.35. The molecule has 2 aliphatic heterocycles. The van der Waals surface area contributed by atoms with Gasteiger partial charge >= 0.3 is 12.1 Å². The number of fused-ring (bicyclic) bond motifs is 3. The fourth-order valence-corrected chi connectivity index (χ4v) is 7.46. The molecular weight excluding hydrogens is 777 g/mol. The number of carbonyl (C=O) groups excluding carboxylic acids is 5.